The summed E-state index contributed by atoms with van der Waals surface area (Å²) in [5.41, 5.74) is 12.1. The van der Waals surface area contributed by atoms with Crippen LogP contribution in [-0.4, -0.2) is 48.1 Å². The summed E-state index contributed by atoms with van der Waals surface area (Å²) in [6.45, 7) is 2.59. The number of aryl methyl sites for hydroxylation is 1. The van der Waals surface area contributed by atoms with Crippen LogP contribution in [0.5, 0.6) is 0 Å². The first-order chi connectivity index (χ1) is 24.8. The van der Waals surface area contributed by atoms with Gasteiger partial charge in [0.1, 0.15) is 18.7 Å². The van der Waals surface area contributed by atoms with Crippen molar-refractivity contribution in [1.82, 2.24) is 15.6 Å². The maximum absolute atomic E-state index is 14.0. The van der Waals surface area contributed by atoms with Crippen molar-refractivity contribution in [2.45, 2.75) is 89.1 Å². The fourth-order valence-electron chi connectivity index (χ4n) is 7.74. The van der Waals surface area contributed by atoms with Crippen molar-refractivity contribution in [3.63, 3.8) is 0 Å². The van der Waals surface area contributed by atoms with Crippen LogP contribution >= 0.6 is 0 Å². The summed E-state index contributed by atoms with van der Waals surface area (Å²) in [6.07, 6.45) is 7.52. The van der Waals surface area contributed by atoms with E-state index in [-0.39, 0.29) is 29.9 Å². The van der Waals surface area contributed by atoms with Crippen LogP contribution in [0.2, 0.25) is 0 Å². The minimum atomic E-state index is -0.869. The molecular formula is C41H49N5O5. The number of hydrogen-bond acceptors (Lipinski definition) is 6. The average Bonchev–Trinajstić information content (AvgIpc) is 3.46. The second-order valence-electron chi connectivity index (χ2n) is 13.9. The van der Waals surface area contributed by atoms with Crippen molar-refractivity contribution in [2.24, 2.45) is 11.7 Å². The zero-order valence-corrected chi connectivity index (χ0v) is 29.3. The maximum Gasteiger partial charge on any atom is 0.407 e. The van der Waals surface area contributed by atoms with Gasteiger partial charge < -0.3 is 31.4 Å². The van der Waals surface area contributed by atoms with Crippen LogP contribution in [0.1, 0.15) is 87.3 Å². The third kappa shape index (κ3) is 8.68. The quantitative estimate of drug-likeness (QED) is 0.0949. The van der Waals surface area contributed by atoms with Gasteiger partial charge in [0.15, 0.2) is 0 Å². The molecule has 1 saturated carbocycles. The molecule has 10 heteroatoms. The number of aromatic nitrogens is 1. The fraction of sp³-hybridized carbons (Fsp3) is 0.415. The lowest BCUT2D eigenvalue weighted by atomic mass is 9.84. The van der Waals surface area contributed by atoms with Gasteiger partial charge in [-0.2, -0.15) is 0 Å². The van der Waals surface area contributed by atoms with Gasteiger partial charge >= 0.3 is 6.09 Å². The van der Waals surface area contributed by atoms with Gasteiger partial charge in [-0.1, -0.05) is 93.6 Å². The Labute approximate surface area is 298 Å². The number of carbonyl (C=O) groups is 3. The molecule has 1 fully saturated rings. The van der Waals surface area contributed by atoms with Crippen molar-refractivity contribution in [2.75, 3.05) is 18.5 Å². The first-order valence-electron chi connectivity index (χ1n) is 18.4. The van der Waals surface area contributed by atoms with E-state index in [1.54, 1.807) is 18.2 Å². The van der Waals surface area contributed by atoms with Crippen LogP contribution in [0.25, 0.3) is 22.0 Å². The summed E-state index contributed by atoms with van der Waals surface area (Å²) in [5, 5.41) is 9.68. The SMILES string of the molecule is CCc1cc(=O)[nH]c2cc(NC(=O)[C@H](CCCCN)NC(=O)[C@H](CC3CCCCC3)NC(=O)OCC3c4ccccc4-c4ccccc43)ccc12. The number of ether oxygens (including phenoxy) is 1. The van der Waals surface area contributed by atoms with Crippen LogP contribution < -0.4 is 27.2 Å². The Morgan fingerprint density at radius 1 is 0.863 bits per heavy atom. The van der Waals surface area contributed by atoms with Crippen LogP contribution in [0.4, 0.5) is 10.5 Å². The smallest absolute Gasteiger partial charge is 0.407 e. The standard InChI is InChI=1S/C41H49N5O5/c1-2-27-23-38(47)44-36-24-28(19-20-29(27)36)43-39(48)35(18-10-11-21-42)45-40(49)37(22-26-12-4-3-5-13-26)46-41(50)51-25-34-32-16-8-6-14-30(32)31-15-7-9-17-33(31)34/h6-9,14-17,19-20,23-24,26,34-35,37H,2-5,10-13,18,21-22,25,42H2,1H3,(H,43,48)(H,44,47)(H,45,49)(H,46,50)/t35-,37-/m0/s1. The fourth-order valence-corrected chi connectivity index (χ4v) is 7.74. The molecule has 0 aliphatic heterocycles. The highest BCUT2D eigenvalue weighted by atomic mass is 16.5. The number of carbonyl (C=O) groups excluding carboxylic acids is 3. The molecule has 0 spiro atoms. The van der Waals surface area contributed by atoms with Crippen LogP contribution in [-0.2, 0) is 20.7 Å². The molecule has 6 rings (SSSR count). The van der Waals surface area contributed by atoms with E-state index in [0.29, 0.717) is 49.9 Å². The number of H-pyrrole nitrogens is 1. The van der Waals surface area contributed by atoms with Gasteiger partial charge in [0.2, 0.25) is 17.4 Å². The Balaban J connectivity index is 1.15. The average molecular weight is 692 g/mol. The van der Waals surface area contributed by atoms with E-state index in [1.807, 2.05) is 37.3 Å². The highest BCUT2D eigenvalue weighted by Gasteiger charge is 2.32. The molecule has 2 aliphatic carbocycles. The molecule has 4 aromatic rings. The topological polar surface area (TPSA) is 155 Å². The molecule has 10 nitrogen and oxygen atoms in total. The third-order valence-electron chi connectivity index (χ3n) is 10.4. The number of alkyl carbamates (subject to hydrolysis) is 1. The highest BCUT2D eigenvalue weighted by Crippen LogP contribution is 2.44. The summed E-state index contributed by atoms with van der Waals surface area (Å²) >= 11 is 0. The number of nitrogens with one attached hydrogen (secondary N) is 4. The number of nitrogens with two attached hydrogens (primary N) is 1. The highest BCUT2D eigenvalue weighted by molar-refractivity contribution is 5.99. The molecule has 6 N–H and O–H groups in total. The molecule has 1 heterocycles. The van der Waals surface area contributed by atoms with Crippen molar-refractivity contribution >= 4 is 34.5 Å². The molecular weight excluding hydrogens is 642 g/mol. The number of rotatable bonds is 14. The first-order valence-corrected chi connectivity index (χ1v) is 18.4. The normalized spacial score (nSPS) is 15.4. The summed E-state index contributed by atoms with van der Waals surface area (Å²) < 4.78 is 5.83. The van der Waals surface area contributed by atoms with Crippen LogP contribution in [0.15, 0.2) is 77.6 Å². The Kier molecular flexibility index (Phi) is 11.8. The summed E-state index contributed by atoms with van der Waals surface area (Å²) in [5.74, 6) is -0.629. The second kappa shape index (κ2) is 16.8. The van der Waals surface area contributed by atoms with Crippen molar-refractivity contribution in [3.05, 3.63) is 99.8 Å². The number of unbranched alkanes of at least 4 members (excludes halogenated alkanes) is 1. The Hall–Kier alpha value is -4.96. The van der Waals surface area contributed by atoms with E-state index in [4.69, 9.17) is 10.5 Å². The lowest BCUT2D eigenvalue weighted by Crippen LogP contribution is -2.53. The molecule has 1 aromatic heterocycles. The van der Waals surface area contributed by atoms with Gasteiger partial charge in [0.25, 0.3) is 0 Å². The third-order valence-corrected chi connectivity index (χ3v) is 10.4. The molecule has 0 bridgehead atoms. The van der Waals surface area contributed by atoms with Gasteiger partial charge in [0.05, 0.1) is 5.52 Å². The molecule has 268 valence electrons. The number of aromatic amines is 1. The Morgan fingerprint density at radius 2 is 1.57 bits per heavy atom. The predicted octanol–water partition coefficient (Wildman–Crippen LogP) is 6.52. The number of fused-ring (bicyclic) bond motifs is 4. The van der Waals surface area contributed by atoms with Crippen molar-refractivity contribution in [3.8, 4) is 11.1 Å². The molecule has 2 atom stereocenters. The van der Waals surface area contributed by atoms with Gasteiger partial charge in [-0.3, -0.25) is 14.4 Å². The Morgan fingerprint density at radius 3 is 2.25 bits per heavy atom. The minimum absolute atomic E-state index is 0.106. The van der Waals surface area contributed by atoms with Gasteiger partial charge in [0, 0.05) is 23.1 Å². The number of pyridine rings is 1. The summed E-state index contributed by atoms with van der Waals surface area (Å²) in [7, 11) is 0. The first kappa shape index (κ1) is 35.9. The number of amides is 3. The van der Waals surface area contributed by atoms with Gasteiger partial charge in [-0.25, -0.2) is 4.79 Å². The zero-order chi connectivity index (χ0) is 35.7. The Bertz CT molecular complexity index is 1870. The lowest BCUT2D eigenvalue weighted by Gasteiger charge is -2.28. The maximum atomic E-state index is 14.0. The monoisotopic (exact) mass is 691 g/mol. The molecule has 0 radical (unpaired) electrons. The summed E-state index contributed by atoms with van der Waals surface area (Å²) in [4.78, 5) is 56.2. The van der Waals surface area contributed by atoms with E-state index in [9.17, 15) is 19.2 Å². The zero-order valence-electron chi connectivity index (χ0n) is 29.3. The lowest BCUT2D eigenvalue weighted by molar-refractivity contribution is -0.128. The second-order valence-corrected chi connectivity index (χ2v) is 13.9. The van der Waals surface area contributed by atoms with E-state index < -0.39 is 24.1 Å². The van der Waals surface area contributed by atoms with E-state index >= 15 is 0 Å². The number of hydrogen-bond donors (Lipinski definition) is 5. The van der Waals surface area contributed by atoms with E-state index in [1.165, 1.54) is 6.42 Å². The minimum Gasteiger partial charge on any atom is -0.449 e. The number of benzene rings is 3. The van der Waals surface area contributed by atoms with Crippen molar-refractivity contribution < 1.29 is 19.1 Å². The molecule has 0 saturated heterocycles. The van der Waals surface area contributed by atoms with E-state index in [0.717, 1.165) is 58.9 Å². The number of anilines is 1. The van der Waals surface area contributed by atoms with Crippen LogP contribution in [0, 0.1) is 5.92 Å². The molecule has 0 unspecified atom stereocenters. The summed E-state index contributed by atoms with van der Waals surface area (Å²) in [6, 6.07) is 21.6. The van der Waals surface area contributed by atoms with Crippen LogP contribution in [0.3, 0.4) is 0 Å². The van der Waals surface area contributed by atoms with Gasteiger partial charge in [-0.05, 0) is 84.5 Å². The molecule has 3 aromatic carbocycles. The molecule has 51 heavy (non-hydrogen) atoms. The largest absolute Gasteiger partial charge is 0.449 e. The predicted molar refractivity (Wildman–Crippen MR) is 201 cm³/mol. The van der Waals surface area contributed by atoms with E-state index in [2.05, 4.69) is 45.2 Å². The molecule has 3 amide bonds. The molecule has 2 aliphatic rings. The van der Waals surface area contributed by atoms with Gasteiger partial charge in [-0.15, -0.1) is 0 Å². The van der Waals surface area contributed by atoms with Crippen molar-refractivity contribution in [1.29, 1.82) is 0 Å².